The third kappa shape index (κ3) is 3.48. The number of nitrogens with zero attached hydrogens (tertiary/aromatic N) is 2. The molecule has 0 unspecified atom stereocenters. The van der Waals surface area contributed by atoms with Crippen LogP contribution >= 0.6 is 0 Å². The highest BCUT2D eigenvalue weighted by Crippen LogP contribution is 2.27. The first-order chi connectivity index (χ1) is 11.7. The van der Waals surface area contributed by atoms with E-state index in [1.165, 1.54) is 5.56 Å². The van der Waals surface area contributed by atoms with E-state index in [0.29, 0.717) is 24.1 Å². The van der Waals surface area contributed by atoms with Crippen molar-refractivity contribution in [3.63, 3.8) is 0 Å². The second-order valence-corrected chi connectivity index (χ2v) is 5.32. The minimum atomic E-state index is 0.577. The lowest BCUT2D eigenvalue weighted by Gasteiger charge is -2.09. The van der Waals surface area contributed by atoms with E-state index in [9.17, 15) is 0 Å². The summed E-state index contributed by atoms with van der Waals surface area (Å²) >= 11 is 0. The number of anilines is 1. The van der Waals surface area contributed by atoms with Crippen molar-refractivity contribution in [3.8, 4) is 11.5 Å². The number of aryl methyl sites for hydroxylation is 1. The van der Waals surface area contributed by atoms with Crippen molar-refractivity contribution in [2.45, 2.75) is 13.8 Å². The van der Waals surface area contributed by atoms with Crippen molar-refractivity contribution in [3.05, 3.63) is 47.5 Å². The molecular formula is C18H20N4O2. The Labute approximate surface area is 140 Å². The molecule has 0 aliphatic rings. The molecule has 0 saturated carbocycles. The molecule has 124 valence electrons. The summed E-state index contributed by atoms with van der Waals surface area (Å²) in [6, 6.07) is 11.7. The summed E-state index contributed by atoms with van der Waals surface area (Å²) in [6.07, 6.45) is 1.71. The summed E-state index contributed by atoms with van der Waals surface area (Å²) in [7, 11) is 1.62. The fourth-order valence-electron chi connectivity index (χ4n) is 2.39. The predicted octanol–water partition coefficient (Wildman–Crippen LogP) is 3.72. The number of nitrogens with one attached hydrogen (secondary N) is 2. The fourth-order valence-corrected chi connectivity index (χ4v) is 2.39. The molecule has 0 aliphatic carbocycles. The van der Waals surface area contributed by atoms with Gasteiger partial charge in [0.05, 0.1) is 31.0 Å². The van der Waals surface area contributed by atoms with Crippen LogP contribution in [0.25, 0.3) is 11.0 Å². The summed E-state index contributed by atoms with van der Waals surface area (Å²) < 4.78 is 10.8. The molecule has 1 heterocycles. The number of hydrogen-bond acceptors (Lipinski definition) is 5. The van der Waals surface area contributed by atoms with Gasteiger partial charge in [0, 0.05) is 0 Å². The van der Waals surface area contributed by atoms with Gasteiger partial charge in [-0.25, -0.2) is 10.4 Å². The standard InChI is InChI=1S/C18H20N4O2/c1-4-24-17-10-13(6-8-16(17)23-3)11-19-22-18-20-14-7-5-12(2)9-15(14)21-18/h5-11H,4H2,1-3H3,(H2,20,21,22)/b19-11-. The second kappa shape index (κ2) is 7.04. The van der Waals surface area contributed by atoms with E-state index in [1.807, 2.05) is 44.2 Å². The number of aromatic nitrogens is 2. The lowest BCUT2D eigenvalue weighted by Crippen LogP contribution is -1.97. The molecule has 3 aromatic rings. The summed E-state index contributed by atoms with van der Waals surface area (Å²) in [5.74, 6) is 2.00. The molecular weight excluding hydrogens is 304 g/mol. The van der Waals surface area contributed by atoms with E-state index >= 15 is 0 Å². The molecule has 0 amide bonds. The molecule has 0 radical (unpaired) electrons. The average Bonchev–Trinajstić information content (AvgIpc) is 2.97. The van der Waals surface area contributed by atoms with E-state index in [2.05, 4.69) is 26.6 Å². The minimum Gasteiger partial charge on any atom is -0.493 e. The van der Waals surface area contributed by atoms with Crippen LogP contribution in [-0.4, -0.2) is 29.9 Å². The quantitative estimate of drug-likeness (QED) is 0.535. The second-order valence-electron chi connectivity index (χ2n) is 5.32. The number of rotatable bonds is 6. The topological polar surface area (TPSA) is 71.5 Å². The number of hydrogen-bond donors (Lipinski definition) is 2. The van der Waals surface area contributed by atoms with Gasteiger partial charge in [-0.15, -0.1) is 0 Å². The Bertz CT molecular complexity index is 871. The molecule has 0 aliphatic heterocycles. The fraction of sp³-hybridized carbons (Fsp3) is 0.222. The first kappa shape index (κ1) is 15.9. The number of H-pyrrole nitrogens is 1. The van der Waals surface area contributed by atoms with E-state index in [-0.39, 0.29) is 0 Å². The zero-order valence-electron chi connectivity index (χ0n) is 14.0. The van der Waals surface area contributed by atoms with Crippen LogP contribution < -0.4 is 14.9 Å². The lowest BCUT2D eigenvalue weighted by atomic mass is 10.2. The van der Waals surface area contributed by atoms with Gasteiger partial charge in [-0.05, 0) is 55.3 Å². The van der Waals surface area contributed by atoms with Crippen LogP contribution in [0.3, 0.4) is 0 Å². The molecule has 6 nitrogen and oxygen atoms in total. The predicted molar refractivity (Wildman–Crippen MR) is 96.2 cm³/mol. The zero-order valence-corrected chi connectivity index (χ0v) is 14.0. The monoisotopic (exact) mass is 324 g/mol. The highest BCUT2D eigenvalue weighted by atomic mass is 16.5. The van der Waals surface area contributed by atoms with Gasteiger partial charge >= 0.3 is 0 Å². The molecule has 2 N–H and O–H groups in total. The molecule has 1 aromatic heterocycles. The highest BCUT2D eigenvalue weighted by Gasteiger charge is 2.04. The maximum atomic E-state index is 5.56. The molecule has 0 bridgehead atoms. The van der Waals surface area contributed by atoms with E-state index < -0.39 is 0 Å². The molecule has 0 saturated heterocycles. The van der Waals surface area contributed by atoms with Crippen molar-refractivity contribution in [1.82, 2.24) is 9.97 Å². The van der Waals surface area contributed by atoms with Gasteiger partial charge in [0.1, 0.15) is 0 Å². The number of hydrazone groups is 1. The van der Waals surface area contributed by atoms with Crippen LogP contribution in [0.2, 0.25) is 0 Å². The normalized spacial score (nSPS) is 11.1. The minimum absolute atomic E-state index is 0.577. The van der Waals surface area contributed by atoms with Gasteiger partial charge in [0.15, 0.2) is 11.5 Å². The maximum Gasteiger partial charge on any atom is 0.222 e. The number of fused-ring (bicyclic) bond motifs is 1. The first-order valence-corrected chi connectivity index (χ1v) is 7.76. The molecule has 0 spiro atoms. The van der Waals surface area contributed by atoms with Crippen LogP contribution in [0, 0.1) is 6.92 Å². The van der Waals surface area contributed by atoms with Crippen molar-refractivity contribution in [2.24, 2.45) is 5.10 Å². The van der Waals surface area contributed by atoms with Gasteiger partial charge in [-0.2, -0.15) is 5.10 Å². The Morgan fingerprint density at radius 1 is 1.21 bits per heavy atom. The number of benzene rings is 2. The van der Waals surface area contributed by atoms with Crippen LogP contribution in [0.15, 0.2) is 41.5 Å². The number of methoxy groups -OCH3 is 1. The van der Waals surface area contributed by atoms with Crippen LogP contribution in [-0.2, 0) is 0 Å². The molecule has 0 atom stereocenters. The lowest BCUT2D eigenvalue weighted by molar-refractivity contribution is 0.311. The van der Waals surface area contributed by atoms with Crippen LogP contribution in [0.4, 0.5) is 5.95 Å². The van der Waals surface area contributed by atoms with Gasteiger partial charge in [0.25, 0.3) is 0 Å². The third-order valence-electron chi connectivity index (χ3n) is 3.51. The van der Waals surface area contributed by atoms with E-state index in [4.69, 9.17) is 9.47 Å². The Morgan fingerprint density at radius 3 is 2.88 bits per heavy atom. The summed E-state index contributed by atoms with van der Waals surface area (Å²) in [6.45, 7) is 4.56. The van der Waals surface area contributed by atoms with Gasteiger partial charge in [0.2, 0.25) is 5.95 Å². The van der Waals surface area contributed by atoms with Gasteiger partial charge < -0.3 is 14.5 Å². The van der Waals surface area contributed by atoms with Gasteiger partial charge in [-0.1, -0.05) is 6.07 Å². The van der Waals surface area contributed by atoms with Crippen molar-refractivity contribution in [2.75, 3.05) is 19.1 Å². The largest absolute Gasteiger partial charge is 0.493 e. The molecule has 0 fully saturated rings. The van der Waals surface area contributed by atoms with Crippen LogP contribution in [0.1, 0.15) is 18.1 Å². The third-order valence-corrected chi connectivity index (χ3v) is 3.51. The van der Waals surface area contributed by atoms with Crippen LogP contribution in [0.5, 0.6) is 11.5 Å². The Hall–Kier alpha value is -3.02. The highest BCUT2D eigenvalue weighted by molar-refractivity contribution is 5.82. The molecule has 3 rings (SSSR count). The van der Waals surface area contributed by atoms with Crippen molar-refractivity contribution < 1.29 is 9.47 Å². The average molecular weight is 324 g/mol. The zero-order chi connectivity index (χ0) is 16.9. The van der Waals surface area contributed by atoms with E-state index in [1.54, 1.807) is 13.3 Å². The Morgan fingerprint density at radius 2 is 2.08 bits per heavy atom. The number of aromatic amines is 1. The smallest absolute Gasteiger partial charge is 0.222 e. The molecule has 24 heavy (non-hydrogen) atoms. The Balaban J connectivity index is 1.74. The Kier molecular flexibility index (Phi) is 4.65. The van der Waals surface area contributed by atoms with Crippen molar-refractivity contribution in [1.29, 1.82) is 0 Å². The maximum absolute atomic E-state index is 5.56. The molecule has 2 aromatic carbocycles. The SMILES string of the molecule is CCOc1cc(/C=N\Nc2nc3ccc(C)cc3[nH]2)ccc1OC. The van der Waals surface area contributed by atoms with Crippen molar-refractivity contribution >= 4 is 23.2 Å². The van der Waals surface area contributed by atoms with Gasteiger partial charge in [-0.3, -0.25) is 0 Å². The number of imidazole rings is 1. The summed E-state index contributed by atoms with van der Waals surface area (Å²) in [4.78, 5) is 7.63. The molecule has 6 heteroatoms. The number of ether oxygens (including phenoxy) is 2. The first-order valence-electron chi connectivity index (χ1n) is 7.76. The van der Waals surface area contributed by atoms with E-state index in [0.717, 1.165) is 16.6 Å². The summed E-state index contributed by atoms with van der Waals surface area (Å²) in [5, 5.41) is 4.22. The summed E-state index contributed by atoms with van der Waals surface area (Å²) in [5.41, 5.74) is 6.88.